The summed E-state index contributed by atoms with van der Waals surface area (Å²) in [6.45, 7) is 1.77. The van der Waals surface area contributed by atoms with Crippen LogP contribution in [0.15, 0.2) is 44.8 Å². The van der Waals surface area contributed by atoms with E-state index in [0.717, 1.165) is 11.8 Å². The number of aryl methyl sites for hydroxylation is 1. The molecule has 3 rings (SSSR count). The molecule has 0 saturated heterocycles. The maximum atomic E-state index is 11.8. The average Bonchev–Trinajstić information content (AvgIpc) is 3.15. The summed E-state index contributed by atoms with van der Waals surface area (Å²) in [6.07, 6.45) is 3.21. The van der Waals surface area contributed by atoms with Gasteiger partial charge in [-0.2, -0.15) is 0 Å². The number of amides is 1. The van der Waals surface area contributed by atoms with Crippen molar-refractivity contribution in [1.82, 2.24) is 20.3 Å². The van der Waals surface area contributed by atoms with Crippen LogP contribution in [-0.2, 0) is 4.79 Å². The largest absolute Gasteiger partial charge is 0.409 e. The highest BCUT2D eigenvalue weighted by Crippen LogP contribution is 2.22. The third kappa shape index (κ3) is 3.50. The third-order valence-electron chi connectivity index (χ3n) is 2.54. The lowest BCUT2D eigenvalue weighted by atomic mass is 10.4. The molecule has 0 aliphatic carbocycles. The molecule has 0 atom stereocenters. The zero-order valence-electron chi connectivity index (χ0n) is 11.5. The third-order valence-corrected chi connectivity index (χ3v) is 3.36. The summed E-state index contributed by atoms with van der Waals surface area (Å²) in [5, 5.41) is 14.5. The van der Waals surface area contributed by atoms with Crippen LogP contribution >= 0.6 is 11.8 Å². The summed E-state index contributed by atoms with van der Waals surface area (Å²) >= 11 is 1.14. The summed E-state index contributed by atoms with van der Waals surface area (Å²) in [7, 11) is 0. The molecule has 0 radical (unpaired) electrons. The Morgan fingerprint density at radius 1 is 1.32 bits per heavy atom. The fraction of sp³-hybridized carbons (Fsp3) is 0.154. The zero-order chi connectivity index (χ0) is 15.4. The van der Waals surface area contributed by atoms with Crippen LogP contribution in [0.2, 0.25) is 0 Å². The van der Waals surface area contributed by atoms with Gasteiger partial charge in [0.15, 0.2) is 5.69 Å². The molecule has 0 aliphatic heterocycles. The molecule has 3 aromatic heterocycles. The molecule has 0 aromatic carbocycles. The first-order chi connectivity index (χ1) is 10.7. The number of carbonyl (C=O) groups excluding carboxylic acids is 1. The molecule has 0 spiro atoms. The van der Waals surface area contributed by atoms with Crippen LogP contribution in [0.25, 0.3) is 11.6 Å². The minimum atomic E-state index is -0.173. The molecule has 1 N–H and O–H groups in total. The highest BCUT2D eigenvalue weighted by atomic mass is 32.2. The van der Waals surface area contributed by atoms with Crippen molar-refractivity contribution < 1.29 is 13.7 Å². The van der Waals surface area contributed by atoms with Crippen molar-refractivity contribution >= 4 is 23.4 Å². The first-order valence-corrected chi connectivity index (χ1v) is 7.29. The van der Waals surface area contributed by atoms with Crippen molar-refractivity contribution in [2.45, 2.75) is 12.1 Å². The fourth-order valence-corrected chi connectivity index (χ4v) is 2.16. The molecule has 8 nitrogen and oxygen atoms in total. The van der Waals surface area contributed by atoms with Crippen molar-refractivity contribution in [3.8, 4) is 11.6 Å². The first-order valence-electron chi connectivity index (χ1n) is 6.30. The van der Waals surface area contributed by atoms with Gasteiger partial charge in [-0.3, -0.25) is 9.78 Å². The standard InChI is InChI=1S/C13H11N5O3S/c1-8-6-10(18-21-8)12-16-17-13(20-12)22-7-11(19)15-9-2-4-14-5-3-9/h2-6H,7H2,1H3,(H,14,15,19). The molecule has 0 fully saturated rings. The Hall–Kier alpha value is -2.68. The van der Waals surface area contributed by atoms with Gasteiger partial charge < -0.3 is 14.3 Å². The Morgan fingerprint density at radius 3 is 2.86 bits per heavy atom. The molecule has 22 heavy (non-hydrogen) atoms. The summed E-state index contributed by atoms with van der Waals surface area (Å²) < 4.78 is 10.4. The van der Waals surface area contributed by atoms with E-state index < -0.39 is 0 Å². The number of nitrogens with zero attached hydrogens (tertiary/aromatic N) is 4. The molecule has 1 amide bonds. The van der Waals surface area contributed by atoms with E-state index in [1.807, 2.05) is 0 Å². The number of hydrogen-bond donors (Lipinski definition) is 1. The number of anilines is 1. The molecular weight excluding hydrogens is 306 g/mol. The minimum absolute atomic E-state index is 0.155. The van der Waals surface area contributed by atoms with Crippen LogP contribution in [0.5, 0.6) is 0 Å². The van der Waals surface area contributed by atoms with Crippen molar-refractivity contribution in [2.75, 3.05) is 11.1 Å². The van der Waals surface area contributed by atoms with Gasteiger partial charge in [0.2, 0.25) is 5.91 Å². The number of rotatable bonds is 5. The Kier molecular flexibility index (Phi) is 4.15. The molecule has 3 heterocycles. The predicted molar refractivity (Wildman–Crippen MR) is 78.1 cm³/mol. The van der Waals surface area contributed by atoms with Gasteiger partial charge >= 0.3 is 0 Å². The Bertz CT molecular complexity index is 771. The lowest BCUT2D eigenvalue weighted by Crippen LogP contribution is -2.13. The number of nitrogens with one attached hydrogen (secondary N) is 1. The quantitative estimate of drug-likeness (QED) is 0.713. The van der Waals surface area contributed by atoms with Crippen molar-refractivity contribution in [1.29, 1.82) is 0 Å². The van der Waals surface area contributed by atoms with Crippen LogP contribution in [0.3, 0.4) is 0 Å². The van der Waals surface area contributed by atoms with E-state index in [2.05, 4.69) is 25.7 Å². The summed E-state index contributed by atoms with van der Waals surface area (Å²) in [5.74, 6) is 0.892. The lowest BCUT2D eigenvalue weighted by molar-refractivity contribution is -0.113. The molecular formula is C13H11N5O3S. The van der Waals surface area contributed by atoms with E-state index in [4.69, 9.17) is 8.94 Å². The topological polar surface area (TPSA) is 107 Å². The van der Waals surface area contributed by atoms with Gasteiger partial charge in [-0.1, -0.05) is 16.9 Å². The Balaban J connectivity index is 1.56. The fourth-order valence-electron chi connectivity index (χ4n) is 1.60. The number of aromatic nitrogens is 4. The Labute approximate surface area is 129 Å². The van der Waals surface area contributed by atoms with E-state index in [-0.39, 0.29) is 17.6 Å². The molecule has 0 aliphatic rings. The number of thioether (sulfide) groups is 1. The van der Waals surface area contributed by atoms with Crippen LogP contribution in [0.1, 0.15) is 5.76 Å². The molecule has 0 unspecified atom stereocenters. The average molecular weight is 317 g/mol. The second-order valence-corrected chi connectivity index (χ2v) is 5.20. The zero-order valence-corrected chi connectivity index (χ0v) is 12.3. The number of carbonyl (C=O) groups is 1. The van der Waals surface area contributed by atoms with Gasteiger partial charge in [-0.15, -0.1) is 10.2 Å². The summed E-state index contributed by atoms with van der Waals surface area (Å²) in [6, 6.07) is 5.11. The van der Waals surface area contributed by atoms with Crippen molar-refractivity contribution in [3.63, 3.8) is 0 Å². The molecule has 3 aromatic rings. The van der Waals surface area contributed by atoms with E-state index in [1.54, 1.807) is 37.5 Å². The van der Waals surface area contributed by atoms with Gasteiger partial charge in [-0.05, 0) is 19.1 Å². The maximum absolute atomic E-state index is 11.8. The molecule has 9 heteroatoms. The van der Waals surface area contributed by atoms with Gasteiger partial charge in [0, 0.05) is 24.1 Å². The van der Waals surface area contributed by atoms with Gasteiger partial charge in [-0.25, -0.2) is 0 Å². The molecule has 0 bridgehead atoms. The summed E-state index contributed by atoms with van der Waals surface area (Å²) in [4.78, 5) is 15.7. The monoisotopic (exact) mass is 317 g/mol. The second kappa shape index (κ2) is 6.39. The van der Waals surface area contributed by atoms with E-state index in [9.17, 15) is 4.79 Å². The number of pyridine rings is 1. The van der Waals surface area contributed by atoms with Gasteiger partial charge in [0.05, 0.1) is 5.75 Å². The first kappa shape index (κ1) is 14.3. The maximum Gasteiger partial charge on any atom is 0.277 e. The normalized spacial score (nSPS) is 10.6. The molecule has 112 valence electrons. The van der Waals surface area contributed by atoms with E-state index >= 15 is 0 Å². The Morgan fingerprint density at radius 2 is 2.14 bits per heavy atom. The van der Waals surface area contributed by atoms with Crippen LogP contribution in [-0.4, -0.2) is 32.0 Å². The lowest BCUT2D eigenvalue weighted by Gasteiger charge is -2.02. The van der Waals surface area contributed by atoms with Crippen LogP contribution in [0, 0.1) is 6.92 Å². The smallest absolute Gasteiger partial charge is 0.277 e. The van der Waals surface area contributed by atoms with Crippen LogP contribution < -0.4 is 5.32 Å². The van der Waals surface area contributed by atoms with E-state index in [1.165, 1.54) is 0 Å². The van der Waals surface area contributed by atoms with Crippen molar-refractivity contribution in [2.24, 2.45) is 0 Å². The van der Waals surface area contributed by atoms with E-state index in [0.29, 0.717) is 22.4 Å². The van der Waals surface area contributed by atoms with Crippen LogP contribution in [0.4, 0.5) is 5.69 Å². The SMILES string of the molecule is Cc1cc(-c2nnc(SCC(=O)Nc3ccncc3)o2)no1. The highest BCUT2D eigenvalue weighted by molar-refractivity contribution is 7.99. The highest BCUT2D eigenvalue weighted by Gasteiger charge is 2.14. The van der Waals surface area contributed by atoms with Crippen molar-refractivity contribution in [3.05, 3.63) is 36.4 Å². The van der Waals surface area contributed by atoms with Gasteiger partial charge in [0.25, 0.3) is 11.1 Å². The molecule has 0 saturated carbocycles. The second-order valence-electron chi connectivity index (χ2n) is 4.27. The number of hydrogen-bond acceptors (Lipinski definition) is 8. The predicted octanol–water partition coefficient (Wildman–Crippen LogP) is 2.16. The minimum Gasteiger partial charge on any atom is -0.409 e. The summed E-state index contributed by atoms with van der Waals surface area (Å²) in [5.41, 5.74) is 1.16. The van der Waals surface area contributed by atoms with Gasteiger partial charge in [0.1, 0.15) is 5.76 Å².